The van der Waals surface area contributed by atoms with Gasteiger partial charge in [0.1, 0.15) is 5.82 Å². The van der Waals surface area contributed by atoms with E-state index in [9.17, 15) is 22.7 Å². The van der Waals surface area contributed by atoms with Crippen LogP contribution in [-0.2, 0) is 23.1 Å². The first-order valence-corrected chi connectivity index (χ1v) is 10.2. The third kappa shape index (κ3) is 3.48. The van der Waals surface area contributed by atoms with E-state index in [0.29, 0.717) is 23.1 Å². The quantitative estimate of drug-likeness (QED) is 0.677. The Hall–Kier alpha value is -2.49. The van der Waals surface area contributed by atoms with Crippen molar-refractivity contribution in [3.63, 3.8) is 0 Å². The van der Waals surface area contributed by atoms with Crippen LogP contribution in [0.3, 0.4) is 0 Å². The Morgan fingerprint density at radius 1 is 1.07 bits per heavy atom. The standard InChI is InChI=1S/C19H22FN3O4S/c1-4-22-16-10-9-15(28(26,27)21(2)3)11-17(16)23(19(22)25)12-18(24)13-5-7-14(20)8-6-13/h5-11,18,24H,4,12H2,1-3H3. The molecule has 1 atom stereocenters. The van der Waals surface area contributed by atoms with E-state index in [2.05, 4.69) is 0 Å². The van der Waals surface area contributed by atoms with Crippen molar-refractivity contribution < 1.29 is 17.9 Å². The van der Waals surface area contributed by atoms with Crippen LogP contribution in [0.25, 0.3) is 11.0 Å². The summed E-state index contributed by atoms with van der Waals surface area (Å²) in [5, 5.41) is 10.5. The van der Waals surface area contributed by atoms with Gasteiger partial charge in [-0.15, -0.1) is 0 Å². The molecule has 0 aliphatic heterocycles. The Labute approximate surface area is 162 Å². The molecule has 0 radical (unpaired) electrons. The molecule has 1 aromatic heterocycles. The monoisotopic (exact) mass is 407 g/mol. The zero-order valence-electron chi connectivity index (χ0n) is 15.8. The average Bonchev–Trinajstić information content (AvgIpc) is 2.92. The van der Waals surface area contributed by atoms with Gasteiger partial charge in [0.15, 0.2) is 0 Å². The summed E-state index contributed by atoms with van der Waals surface area (Å²) in [6, 6.07) is 9.87. The molecule has 3 rings (SSSR count). The predicted molar refractivity (Wildman–Crippen MR) is 104 cm³/mol. The molecular formula is C19H22FN3O4S. The SMILES string of the molecule is CCn1c(=O)n(CC(O)c2ccc(F)cc2)c2cc(S(=O)(=O)N(C)C)ccc21. The van der Waals surface area contributed by atoms with Gasteiger partial charge in [0.25, 0.3) is 0 Å². The largest absolute Gasteiger partial charge is 0.387 e. The fourth-order valence-corrected chi connectivity index (χ4v) is 4.04. The number of hydrogen-bond acceptors (Lipinski definition) is 4. The van der Waals surface area contributed by atoms with Crippen molar-refractivity contribution >= 4 is 21.1 Å². The molecule has 150 valence electrons. The Kier molecular flexibility index (Phi) is 5.42. The number of aromatic nitrogens is 2. The highest BCUT2D eigenvalue weighted by atomic mass is 32.2. The van der Waals surface area contributed by atoms with Gasteiger partial charge in [-0.2, -0.15) is 0 Å². The second kappa shape index (κ2) is 7.50. The molecule has 1 heterocycles. The van der Waals surface area contributed by atoms with E-state index in [-0.39, 0.29) is 17.1 Å². The summed E-state index contributed by atoms with van der Waals surface area (Å²) >= 11 is 0. The van der Waals surface area contributed by atoms with Crippen LogP contribution in [0.5, 0.6) is 0 Å². The van der Waals surface area contributed by atoms with E-state index in [0.717, 1.165) is 4.31 Å². The summed E-state index contributed by atoms with van der Waals surface area (Å²) < 4.78 is 42.0. The minimum Gasteiger partial charge on any atom is -0.387 e. The Morgan fingerprint density at radius 3 is 2.29 bits per heavy atom. The molecule has 0 aliphatic carbocycles. The molecule has 1 unspecified atom stereocenters. The molecule has 0 aliphatic rings. The van der Waals surface area contributed by atoms with E-state index < -0.39 is 21.9 Å². The molecule has 28 heavy (non-hydrogen) atoms. The fraction of sp³-hybridized carbons (Fsp3) is 0.316. The van der Waals surface area contributed by atoms with Crippen molar-refractivity contribution in [2.45, 2.75) is 31.0 Å². The number of halogens is 1. The van der Waals surface area contributed by atoms with E-state index in [4.69, 9.17) is 0 Å². The zero-order valence-corrected chi connectivity index (χ0v) is 16.6. The van der Waals surface area contributed by atoms with Gasteiger partial charge in [-0.05, 0) is 42.8 Å². The molecule has 7 nitrogen and oxygen atoms in total. The molecule has 1 N–H and O–H groups in total. The van der Waals surface area contributed by atoms with Crippen molar-refractivity contribution in [1.82, 2.24) is 13.4 Å². The number of aryl methyl sites for hydroxylation is 1. The van der Waals surface area contributed by atoms with E-state index >= 15 is 0 Å². The Morgan fingerprint density at radius 2 is 1.71 bits per heavy atom. The van der Waals surface area contributed by atoms with Gasteiger partial charge in [-0.3, -0.25) is 9.13 Å². The van der Waals surface area contributed by atoms with Crippen molar-refractivity contribution in [3.8, 4) is 0 Å². The van der Waals surface area contributed by atoms with Crippen molar-refractivity contribution in [3.05, 3.63) is 64.3 Å². The minimum atomic E-state index is -3.68. The third-order valence-electron chi connectivity index (χ3n) is 4.70. The van der Waals surface area contributed by atoms with Gasteiger partial charge in [0, 0.05) is 20.6 Å². The topological polar surface area (TPSA) is 84.5 Å². The molecular weight excluding hydrogens is 385 g/mol. The third-order valence-corrected chi connectivity index (χ3v) is 6.51. The first-order valence-electron chi connectivity index (χ1n) is 8.76. The lowest BCUT2D eigenvalue weighted by atomic mass is 10.1. The maximum absolute atomic E-state index is 13.1. The van der Waals surface area contributed by atoms with Gasteiger partial charge in [-0.25, -0.2) is 21.9 Å². The summed E-state index contributed by atoms with van der Waals surface area (Å²) in [5.41, 5.74) is 1.10. The lowest BCUT2D eigenvalue weighted by Gasteiger charge is -2.13. The molecule has 0 fully saturated rings. The number of sulfonamides is 1. The number of nitrogens with zero attached hydrogens (tertiary/aromatic N) is 3. The minimum absolute atomic E-state index is 0.0586. The molecule has 2 aromatic carbocycles. The van der Waals surface area contributed by atoms with Crippen LogP contribution in [0.15, 0.2) is 52.2 Å². The average molecular weight is 407 g/mol. The lowest BCUT2D eigenvalue weighted by molar-refractivity contribution is 0.156. The van der Waals surface area contributed by atoms with Gasteiger partial charge in [0.05, 0.1) is 28.6 Å². The van der Waals surface area contributed by atoms with Crippen LogP contribution < -0.4 is 5.69 Å². The van der Waals surface area contributed by atoms with Crippen LogP contribution in [-0.4, -0.2) is 41.1 Å². The molecule has 0 amide bonds. The number of hydrogen-bond donors (Lipinski definition) is 1. The summed E-state index contributed by atoms with van der Waals surface area (Å²) in [6.45, 7) is 2.13. The van der Waals surface area contributed by atoms with Crippen LogP contribution in [0.2, 0.25) is 0 Å². The van der Waals surface area contributed by atoms with Crippen LogP contribution in [0, 0.1) is 5.82 Å². The number of fused-ring (bicyclic) bond motifs is 1. The Balaban J connectivity index is 2.13. The maximum Gasteiger partial charge on any atom is 0.329 e. The van der Waals surface area contributed by atoms with Gasteiger partial charge >= 0.3 is 5.69 Å². The molecule has 9 heteroatoms. The fourth-order valence-electron chi connectivity index (χ4n) is 3.12. The smallest absolute Gasteiger partial charge is 0.329 e. The summed E-state index contributed by atoms with van der Waals surface area (Å²) in [7, 11) is -0.811. The van der Waals surface area contributed by atoms with Crippen LogP contribution in [0.4, 0.5) is 4.39 Å². The second-order valence-electron chi connectivity index (χ2n) is 6.64. The van der Waals surface area contributed by atoms with Gasteiger partial charge in [0.2, 0.25) is 10.0 Å². The number of benzene rings is 2. The molecule has 0 spiro atoms. The molecule has 0 saturated carbocycles. The first kappa shape index (κ1) is 20.2. The second-order valence-corrected chi connectivity index (χ2v) is 8.79. The summed E-state index contributed by atoms with van der Waals surface area (Å²) in [6.07, 6.45) is -1.05. The van der Waals surface area contributed by atoms with Crippen molar-refractivity contribution in [1.29, 1.82) is 0 Å². The zero-order chi connectivity index (χ0) is 20.6. The molecule has 3 aromatic rings. The summed E-state index contributed by atoms with van der Waals surface area (Å²) in [5.74, 6) is -0.422. The normalized spacial score (nSPS) is 13.4. The van der Waals surface area contributed by atoms with Gasteiger partial charge < -0.3 is 5.11 Å². The van der Waals surface area contributed by atoms with Crippen LogP contribution in [0.1, 0.15) is 18.6 Å². The highest BCUT2D eigenvalue weighted by Crippen LogP contribution is 2.23. The number of imidazole rings is 1. The van der Waals surface area contributed by atoms with Crippen LogP contribution >= 0.6 is 0 Å². The lowest BCUT2D eigenvalue weighted by Crippen LogP contribution is -2.26. The molecule has 0 saturated heterocycles. The number of aliphatic hydroxyl groups excluding tert-OH is 1. The predicted octanol–water partition coefficient (Wildman–Crippen LogP) is 1.95. The van der Waals surface area contributed by atoms with Gasteiger partial charge in [-0.1, -0.05) is 12.1 Å². The van der Waals surface area contributed by atoms with E-state index in [1.54, 1.807) is 6.07 Å². The van der Waals surface area contributed by atoms with Crippen molar-refractivity contribution in [2.24, 2.45) is 0 Å². The number of aliphatic hydroxyl groups is 1. The highest BCUT2D eigenvalue weighted by molar-refractivity contribution is 7.89. The summed E-state index contributed by atoms with van der Waals surface area (Å²) in [4.78, 5) is 12.9. The Bertz CT molecular complexity index is 1160. The maximum atomic E-state index is 13.1. The van der Waals surface area contributed by atoms with E-state index in [1.807, 2.05) is 6.92 Å². The first-order chi connectivity index (χ1) is 13.2. The molecule has 0 bridgehead atoms. The highest BCUT2D eigenvalue weighted by Gasteiger charge is 2.22. The van der Waals surface area contributed by atoms with E-state index in [1.165, 1.54) is 59.6 Å². The van der Waals surface area contributed by atoms with Crippen molar-refractivity contribution in [2.75, 3.05) is 14.1 Å². The number of rotatable bonds is 6.